The highest BCUT2D eigenvalue weighted by molar-refractivity contribution is 5.55. The highest BCUT2D eigenvalue weighted by atomic mass is 14.9. The van der Waals surface area contributed by atoms with Crippen molar-refractivity contribution in [3.05, 3.63) is 72.1 Å². The van der Waals surface area contributed by atoms with Crippen molar-refractivity contribution in [2.24, 2.45) is 0 Å². The fourth-order valence-corrected chi connectivity index (χ4v) is 2.34. The molecule has 1 aliphatic carbocycles. The first-order valence-corrected chi connectivity index (χ1v) is 6.57. The van der Waals surface area contributed by atoms with E-state index < -0.39 is 0 Å². The average Bonchev–Trinajstić information content (AvgIpc) is 2.49. The van der Waals surface area contributed by atoms with Crippen LogP contribution in [0.4, 0.5) is 0 Å². The van der Waals surface area contributed by atoms with Crippen LogP contribution in [0.3, 0.4) is 0 Å². The minimum Gasteiger partial charge on any atom is -0.236 e. The molecule has 1 heterocycles. The first kappa shape index (κ1) is 11.8. The van der Waals surface area contributed by atoms with E-state index in [2.05, 4.69) is 36.2 Å². The fraction of sp³-hybridized carbons (Fsp3) is 0.176. The van der Waals surface area contributed by atoms with Gasteiger partial charge in [-0.05, 0) is 18.9 Å². The van der Waals surface area contributed by atoms with Crippen LogP contribution in [0.1, 0.15) is 23.6 Å². The SMILES string of the molecule is Cc1cnc(-c2ccccc2)nc1C1C=CC=CC1. The van der Waals surface area contributed by atoms with Crippen LogP contribution in [-0.2, 0) is 0 Å². The summed E-state index contributed by atoms with van der Waals surface area (Å²) in [6.07, 6.45) is 11.5. The third-order valence-corrected chi connectivity index (χ3v) is 3.37. The van der Waals surface area contributed by atoms with Crippen LogP contribution >= 0.6 is 0 Å². The first-order chi connectivity index (χ1) is 9.34. The fourth-order valence-electron chi connectivity index (χ4n) is 2.34. The van der Waals surface area contributed by atoms with Gasteiger partial charge >= 0.3 is 0 Å². The quantitative estimate of drug-likeness (QED) is 0.801. The van der Waals surface area contributed by atoms with Gasteiger partial charge in [0.15, 0.2) is 5.82 Å². The first-order valence-electron chi connectivity index (χ1n) is 6.57. The molecule has 0 radical (unpaired) electrons. The molecule has 3 rings (SSSR count). The van der Waals surface area contributed by atoms with Crippen LogP contribution in [0.25, 0.3) is 11.4 Å². The Morgan fingerprint density at radius 2 is 1.95 bits per heavy atom. The van der Waals surface area contributed by atoms with Crippen molar-refractivity contribution in [3.8, 4) is 11.4 Å². The van der Waals surface area contributed by atoms with Gasteiger partial charge in [0.05, 0.1) is 5.69 Å². The largest absolute Gasteiger partial charge is 0.236 e. The number of allylic oxidation sites excluding steroid dienone is 4. The van der Waals surface area contributed by atoms with Gasteiger partial charge in [-0.3, -0.25) is 0 Å². The summed E-state index contributed by atoms with van der Waals surface area (Å²) >= 11 is 0. The lowest BCUT2D eigenvalue weighted by Crippen LogP contribution is -2.05. The van der Waals surface area contributed by atoms with E-state index in [1.54, 1.807) is 0 Å². The van der Waals surface area contributed by atoms with E-state index in [0.717, 1.165) is 29.1 Å². The zero-order valence-electron chi connectivity index (χ0n) is 11.0. The summed E-state index contributed by atoms with van der Waals surface area (Å²) in [5, 5.41) is 0. The van der Waals surface area contributed by atoms with Crippen molar-refractivity contribution < 1.29 is 0 Å². The molecule has 2 nitrogen and oxygen atoms in total. The van der Waals surface area contributed by atoms with Crippen LogP contribution in [0.15, 0.2) is 60.8 Å². The second-order valence-corrected chi connectivity index (χ2v) is 4.78. The molecule has 1 aliphatic rings. The van der Waals surface area contributed by atoms with E-state index in [9.17, 15) is 0 Å². The Hall–Kier alpha value is -2.22. The minimum atomic E-state index is 0.371. The van der Waals surface area contributed by atoms with Gasteiger partial charge in [0.1, 0.15) is 0 Å². The molecule has 0 fully saturated rings. The molecular weight excluding hydrogens is 232 g/mol. The van der Waals surface area contributed by atoms with E-state index in [1.807, 2.05) is 36.5 Å². The Labute approximate surface area is 113 Å². The number of benzene rings is 1. The van der Waals surface area contributed by atoms with E-state index >= 15 is 0 Å². The Bertz CT molecular complexity index is 627. The van der Waals surface area contributed by atoms with Gasteiger partial charge in [0, 0.05) is 17.7 Å². The van der Waals surface area contributed by atoms with Gasteiger partial charge in [-0.15, -0.1) is 0 Å². The van der Waals surface area contributed by atoms with Crippen molar-refractivity contribution in [2.75, 3.05) is 0 Å². The number of aromatic nitrogens is 2. The van der Waals surface area contributed by atoms with E-state index in [4.69, 9.17) is 4.98 Å². The predicted octanol–water partition coefficient (Wildman–Crippen LogP) is 4.05. The standard InChI is InChI=1S/C17H16N2/c1-13-12-18-17(15-10-6-3-7-11-15)19-16(13)14-8-4-2-5-9-14/h2-8,10-12,14H,9H2,1H3. The highest BCUT2D eigenvalue weighted by Gasteiger charge is 2.14. The summed E-state index contributed by atoms with van der Waals surface area (Å²) in [5.74, 6) is 1.18. The lowest BCUT2D eigenvalue weighted by atomic mass is 9.94. The van der Waals surface area contributed by atoms with Gasteiger partial charge in [-0.1, -0.05) is 54.6 Å². The van der Waals surface area contributed by atoms with Gasteiger partial charge in [0.25, 0.3) is 0 Å². The number of nitrogens with zero attached hydrogens (tertiary/aromatic N) is 2. The van der Waals surface area contributed by atoms with Crippen LogP contribution in [0.2, 0.25) is 0 Å². The molecule has 0 aliphatic heterocycles. The third-order valence-electron chi connectivity index (χ3n) is 3.37. The maximum atomic E-state index is 4.77. The molecular formula is C17H16N2. The molecule has 0 saturated heterocycles. The lowest BCUT2D eigenvalue weighted by molar-refractivity contribution is 0.799. The van der Waals surface area contributed by atoms with Gasteiger partial charge in [-0.25, -0.2) is 9.97 Å². The van der Waals surface area contributed by atoms with Crippen molar-refractivity contribution in [1.82, 2.24) is 9.97 Å². The van der Waals surface area contributed by atoms with Gasteiger partial charge in [0.2, 0.25) is 0 Å². The zero-order valence-corrected chi connectivity index (χ0v) is 11.0. The van der Waals surface area contributed by atoms with Gasteiger partial charge < -0.3 is 0 Å². The molecule has 94 valence electrons. The average molecular weight is 248 g/mol. The number of rotatable bonds is 2. The molecule has 0 saturated carbocycles. The minimum absolute atomic E-state index is 0.371. The van der Waals surface area contributed by atoms with Crippen LogP contribution in [0.5, 0.6) is 0 Å². The monoisotopic (exact) mass is 248 g/mol. The molecule has 1 aromatic heterocycles. The Kier molecular flexibility index (Phi) is 3.23. The molecule has 1 unspecified atom stereocenters. The predicted molar refractivity (Wildman–Crippen MR) is 77.8 cm³/mol. The smallest absolute Gasteiger partial charge is 0.159 e. The number of hydrogen-bond acceptors (Lipinski definition) is 2. The summed E-state index contributed by atoms with van der Waals surface area (Å²) in [4.78, 5) is 9.22. The van der Waals surface area contributed by atoms with Crippen LogP contribution in [0, 0.1) is 6.92 Å². The molecule has 0 amide bonds. The summed E-state index contributed by atoms with van der Waals surface area (Å²) in [5.41, 5.74) is 3.36. The Morgan fingerprint density at radius 3 is 2.68 bits per heavy atom. The molecule has 0 spiro atoms. The number of hydrogen-bond donors (Lipinski definition) is 0. The summed E-state index contributed by atoms with van der Waals surface area (Å²) in [6.45, 7) is 2.08. The summed E-state index contributed by atoms with van der Waals surface area (Å²) < 4.78 is 0. The Balaban J connectivity index is 2.01. The van der Waals surface area contributed by atoms with Crippen molar-refractivity contribution in [3.63, 3.8) is 0 Å². The topological polar surface area (TPSA) is 25.8 Å². The van der Waals surface area contributed by atoms with Crippen LogP contribution < -0.4 is 0 Å². The molecule has 0 bridgehead atoms. The van der Waals surface area contributed by atoms with Crippen molar-refractivity contribution >= 4 is 0 Å². The van der Waals surface area contributed by atoms with Gasteiger partial charge in [-0.2, -0.15) is 0 Å². The van der Waals surface area contributed by atoms with Crippen molar-refractivity contribution in [1.29, 1.82) is 0 Å². The maximum Gasteiger partial charge on any atom is 0.159 e. The molecule has 2 aromatic rings. The summed E-state index contributed by atoms with van der Waals surface area (Å²) in [7, 11) is 0. The Morgan fingerprint density at radius 1 is 1.11 bits per heavy atom. The second kappa shape index (κ2) is 5.19. The second-order valence-electron chi connectivity index (χ2n) is 4.78. The zero-order chi connectivity index (χ0) is 13.1. The molecule has 1 aromatic carbocycles. The van der Waals surface area contributed by atoms with E-state index in [-0.39, 0.29) is 0 Å². The van der Waals surface area contributed by atoms with E-state index in [1.165, 1.54) is 0 Å². The van der Waals surface area contributed by atoms with Crippen molar-refractivity contribution in [2.45, 2.75) is 19.3 Å². The lowest BCUT2D eigenvalue weighted by Gasteiger charge is -2.15. The summed E-state index contributed by atoms with van der Waals surface area (Å²) in [6, 6.07) is 10.1. The van der Waals surface area contributed by atoms with Crippen LogP contribution in [-0.4, -0.2) is 9.97 Å². The maximum absolute atomic E-state index is 4.77. The van der Waals surface area contributed by atoms with E-state index in [0.29, 0.717) is 5.92 Å². The molecule has 1 atom stereocenters. The molecule has 0 N–H and O–H groups in total. The normalized spacial score (nSPS) is 17.6. The third kappa shape index (κ3) is 2.48. The molecule has 2 heteroatoms. The highest BCUT2D eigenvalue weighted by Crippen LogP contribution is 2.27. The number of aryl methyl sites for hydroxylation is 1. The molecule has 19 heavy (non-hydrogen) atoms.